The first kappa shape index (κ1) is 121. The number of unbranched alkanes of at least 4 members (excludes halogenated alkanes) is 30. The van der Waals surface area contributed by atoms with Gasteiger partial charge in [0.25, 0.3) is 23.6 Å². The van der Waals surface area contributed by atoms with Gasteiger partial charge in [-0.05, 0) is 189 Å². The summed E-state index contributed by atoms with van der Waals surface area (Å²) in [4.78, 5) is 95.0. The molecule has 0 unspecified atom stereocenters. The van der Waals surface area contributed by atoms with E-state index >= 15 is 8.78 Å². The summed E-state index contributed by atoms with van der Waals surface area (Å²) in [5, 5.41) is 0. The van der Waals surface area contributed by atoms with Gasteiger partial charge >= 0.3 is 95.6 Å². The fraction of sp³-hybridized carbons (Fsp3) is 0.467. The number of carbonyl (C=O) groups is 4. The molecule has 2 aliphatic rings. The summed E-state index contributed by atoms with van der Waals surface area (Å²) in [5.74, 6) is -2.13. The monoisotopic (exact) mass is 2590 g/mol. The van der Waals surface area contributed by atoms with E-state index in [4.69, 9.17) is 38.9 Å². The number of thiophene rings is 5. The van der Waals surface area contributed by atoms with E-state index < -0.39 is 60.0 Å². The number of hydrogen-bond donors (Lipinski definition) is 0. The molecule has 0 bridgehead atoms. The second kappa shape index (κ2) is 60.5. The first-order chi connectivity index (χ1) is 71.8. The van der Waals surface area contributed by atoms with Crippen LogP contribution in [0, 0.1) is 37.1 Å². The van der Waals surface area contributed by atoms with Crippen LogP contribution in [0.3, 0.4) is 0 Å². The summed E-state index contributed by atoms with van der Waals surface area (Å²) in [7, 11) is 0. The van der Waals surface area contributed by atoms with Gasteiger partial charge in [-0.15, -0.1) is 45.3 Å². The van der Waals surface area contributed by atoms with E-state index in [1.54, 1.807) is 11.9 Å². The Bertz CT molecular complexity index is 6460. The molecule has 0 saturated heterocycles. The average molecular weight is 2600 g/mol. The van der Waals surface area contributed by atoms with E-state index in [1.165, 1.54) is 177 Å². The molecule has 4 amide bonds. The number of carbonyl (C=O) groups excluding carboxylic acids is 4. The van der Waals surface area contributed by atoms with Crippen molar-refractivity contribution >= 4 is 209 Å². The number of benzene rings is 6. The van der Waals surface area contributed by atoms with Gasteiger partial charge in [0, 0.05) is 59.7 Å². The quantitative estimate of drug-likeness (QED) is 0.00886. The van der Waals surface area contributed by atoms with Crippen LogP contribution in [0.1, 0.15) is 324 Å². The molecule has 0 aliphatic carbocycles. The third kappa shape index (κ3) is 32.9. The molecular weight excluding hydrogens is 2450 g/mol. The molecule has 800 valence electrons. The molecule has 0 atom stereocenters. The van der Waals surface area contributed by atoms with Crippen molar-refractivity contribution in [2.24, 2.45) is 0 Å². The van der Waals surface area contributed by atoms with Crippen molar-refractivity contribution in [2.45, 2.75) is 316 Å². The number of aromatic nitrogens is 4. The fourth-order valence-corrected chi connectivity index (χ4v) is 39.6. The Morgan fingerprint density at radius 3 is 0.899 bits per heavy atom. The molecule has 14 nitrogen and oxygen atoms in total. The van der Waals surface area contributed by atoms with Crippen molar-refractivity contribution in [3.8, 4) is 98.7 Å². The van der Waals surface area contributed by atoms with Crippen LogP contribution in [0.5, 0.6) is 23.0 Å². The number of imide groups is 2. The predicted molar refractivity (Wildman–Crippen MR) is 638 cm³/mol. The Morgan fingerprint density at radius 2 is 0.584 bits per heavy atom. The van der Waals surface area contributed by atoms with Gasteiger partial charge in [-0.25, -0.2) is 37.5 Å². The van der Waals surface area contributed by atoms with Gasteiger partial charge in [-0.3, -0.25) is 29.0 Å². The van der Waals surface area contributed by atoms with Crippen molar-refractivity contribution in [3.63, 3.8) is 0 Å². The molecule has 9 heterocycles. The minimum absolute atomic E-state index is 0.0153. The zero-order valence-corrected chi connectivity index (χ0v) is 106. The van der Waals surface area contributed by atoms with Crippen molar-refractivity contribution < 1.29 is 55.7 Å². The predicted octanol–water partition coefficient (Wildman–Crippen LogP) is 38.8. The summed E-state index contributed by atoms with van der Waals surface area (Å²) in [6.07, 6.45) is 41.6. The molecule has 0 saturated carbocycles. The Morgan fingerprint density at radius 1 is 0.295 bits per heavy atom. The normalized spacial score (nSPS) is 12.4. The van der Waals surface area contributed by atoms with Crippen molar-refractivity contribution in [3.05, 3.63) is 205 Å². The van der Waals surface area contributed by atoms with Crippen molar-refractivity contribution in [1.82, 2.24) is 29.7 Å². The number of nitrogens with zero attached hydrogens (tertiary/aromatic N) is 6. The molecule has 13 aromatic rings. The zero-order chi connectivity index (χ0) is 107. The number of halogens is 8. The molecule has 7 aromatic heterocycles. The Kier molecular flexibility index (Phi) is 49.1. The standard InChI is InChI=1S/C60H69F2N3O4S3.C32H34Br2F2N2O2.C18H25Br2NO2S.C4H2S.6CH3.2Sn/c1-6-9-12-15-16-17-18-19-20-21-34-65-59(66)48-40(5)71-58(51(48)60(65)67)47-33-32-46(72-47)50-53(62)52(61)49(45-31-30-39(4)70-45)56-57(50)64-55(42-27-25-29-44(38-42)69-36-23-14-11-8-3)54(63-56)41-26-24-28-43(37-41)68-35-22-13-10-7-2;1-3-5-7-9-17-39-23-15-11-13-21(19-23)29-30(22-14-12-16-24(20-22)40-18-10-8-6-4-2)38-32-26(34)28(36)27(35)25(33)31(32)37-29;1-2-3-4-5-6-7-8-9-10-11-12-21-17(22)13-14(18(21)23)16(20)24-15(13)19;1-2-4-5-3-1;;;;;;;;/h24-33,37-38H,6-23,34-36H2,1-5H3;11-16,19-20H,3-10,17-18H2,1-2H3;2-12H2,1H3;1-2H;6*1H3;;. The van der Waals surface area contributed by atoms with Crippen LogP contribution in [0.25, 0.3) is 97.7 Å². The maximum absolute atomic E-state index is 17.4. The van der Waals surface area contributed by atoms with E-state index in [9.17, 15) is 28.0 Å². The molecule has 0 spiro atoms. The van der Waals surface area contributed by atoms with Crippen LogP contribution in [-0.2, 0) is 0 Å². The molecule has 6 aromatic carbocycles. The van der Waals surface area contributed by atoms with Crippen molar-refractivity contribution in [1.29, 1.82) is 0 Å². The summed E-state index contributed by atoms with van der Waals surface area (Å²) in [5.41, 5.74) is 7.80. The Labute approximate surface area is 943 Å². The SMILES string of the molecule is CCCCCCCCCCCCN1C(=O)c2c(Br)sc(Br)c2C1=O.CCCCCCCCCCCCN1C(=O)c2c(C)sc(-c3ccc(-c4c(F)c(F)c(-c5ccc(C)s5)c5nc(-c6cccc(OCCCCCC)c6)c(-c6cccc(OCCCCCC)c6)nc45)s3)c2C1=O.CCCCCCOc1cccc(-c2nc3c(Br)c(F)c(F)c(Br)c3nc2-c2cccc(OCCCCCC)c2)c1.[CH3][Sn]([CH3])([CH3])[c]1cc[c]([Sn]([CH3])([CH3])[CH3])s1. The number of fused-ring (bicyclic) bond motifs is 4. The van der Waals surface area contributed by atoms with Gasteiger partial charge < -0.3 is 18.9 Å². The van der Waals surface area contributed by atoms with Crippen LogP contribution in [0.15, 0.2) is 150 Å². The van der Waals surface area contributed by atoms with Crippen molar-refractivity contribution in [2.75, 3.05) is 39.5 Å². The second-order valence-electron chi connectivity index (χ2n) is 40.9. The molecule has 149 heavy (non-hydrogen) atoms. The molecule has 0 fully saturated rings. The zero-order valence-electron chi connectivity index (χ0n) is 89.4. The average Bonchev–Trinajstić information content (AvgIpc) is 1.67. The summed E-state index contributed by atoms with van der Waals surface area (Å²) >= 11 is 17.2. The molecular formula is C120H148Br4F4N6O8S5Sn2. The first-order valence-corrected chi connectivity index (χ1v) is 81.4. The Hall–Kier alpha value is -6.78. The van der Waals surface area contributed by atoms with Gasteiger partial charge in [0.1, 0.15) is 45.1 Å². The molecule has 0 radical (unpaired) electrons. The van der Waals surface area contributed by atoms with Gasteiger partial charge in [-0.1, -0.05) is 283 Å². The molecule has 15 rings (SSSR count). The van der Waals surface area contributed by atoms with E-state index in [0.29, 0.717) is 121 Å². The Balaban J connectivity index is 0.000000211. The minimum atomic E-state index is -1.74. The first-order valence-electron chi connectivity index (χ1n) is 54.2. The number of rotatable bonds is 55. The van der Waals surface area contributed by atoms with E-state index in [-0.39, 0.29) is 65.8 Å². The fourth-order valence-electron chi connectivity index (χ4n) is 18.3. The molecule has 0 N–H and O–H groups in total. The van der Waals surface area contributed by atoms with E-state index in [2.05, 4.69) is 158 Å². The third-order valence-electron chi connectivity index (χ3n) is 26.7. The van der Waals surface area contributed by atoms with Crippen LogP contribution in [0.2, 0.25) is 29.6 Å². The summed E-state index contributed by atoms with van der Waals surface area (Å²) in [6.45, 7) is 20.3. The van der Waals surface area contributed by atoms with Gasteiger partial charge in [0.05, 0.1) is 104 Å². The summed E-state index contributed by atoms with van der Waals surface area (Å²) in [6, 6.07) is 42.9. The molecule has 29 heteroatoms. The van der Waals surface area contributed by atoms with Gasteiger partial charge in [0.15, 0.2) is 23.3 Å². The number of hydrogen-bond acceptors (Lipinski definition) is 17. The topological polar surface area (TPSA) is 163 Å². The number of aryl methyl sites for hydroxylation is 2. The maximum atomic E-state index is 17.4. The van der Waals surface area contributed by atoms with Crippen LogP contribution >= 0.6 is 120 Å². The number of amides is 4. The second-order valence-corrected chi connectivity index (χ2v) is 81.6. The van der Waals surface area contributed by atoms with E-state index in [0.717, 1.165) is 155 Å². The number of ether oxygens (including phenoxy) is 4. The summed E-state index contributed by atoms with van der Waals surface area (Å²) < 4.78 is 93.3. The van der Waals surface area contributed by atoms with Crippen LogP contribution in [-0.4, -0.2) is 130 Å². The molecule has 2 aliphatic heterocycles. The van der Waals surface area contributed by atoms with Crippen LogP contribution in [0.4, 0.5) is 17.6 Å². The van der Waals surface area contributed by atoms with E-state index in [1.807, 2.05) is 129 Å². The van der Waals surface area contributed by atoms with Gasteiger partial charge in [-0.2, -0.15) is 0 Å². The third-order valence-corrected chi connectivity index (χ3v) is 54.2. The van der Waals surface area contributed by atoms with Gasteiger partial charge in [0.2, 0.25) is 0 Å². The van der Waals surface area contributed by atoms with Crippen LogP contribution < -0.4 is 24.7 Å².